The van der Waals surface area contributed by atoms with Crippen LogP contribution in [0.25, 0.3) is 0 Å². The zero-order valence-corrected chi connectivity index (χ0v) is 13.0. The van der Waals surface area contributed by atoms with E-state index in [9.17, 15) is 9.90 Å². The summed E-state index contributed by atoms with van der Waals surface area (Å²) >= 11 is 0. The van der Waals surface area contributed by atoms with Crippen molar-refractivity contribution in [2.24, 2.45) is 5.92 Å². The first-order chi connectivity index (χ1) is 11.3. The molecule has 23 heavy (non-hydrogen) atoms. The lowest BCUT2D eigenvalue weighted by Crippen LogP contribution is -2.30. The van der Waals surface area contributed by atoms with Gasteiger partial charge in [0, 0.05) is 0 Å². The average molecular weight is 314 g/mol. The third kappa shape index (κ3) is 6.32. The first-order valence-electron chi connectivity index (χ1n) is 7.66. The molecular formula is C19H22O4. The minimum Gasteiger partial charge on any atom is -0.390 e. The molecule has 2 aromatic carbocycles. The molecule has 0 unspecified atom stereocenters. The Hall–Kier alpha value is -2.01. The quantitative estimate of drug-likeness (QED) is 0.685. The predicted octanol–water partition coefficient (Wildman–Crippen LogP) is 2.60. The van der Waals surface area contributed by atoms with Crippen LogP contribution >= 0.6 is 0 Å². The Kier molecular flexibility index (Phi) is 7.46. The molecule has 4 heteroatoms. The van der Waals surface area contributed by atoms with E-state index in [1.807, 2.05) is 60.7 Å². The molecule has 0 bridgehead atoms. The molecule has 0 aliphatic carbocycles. The third-order valence-electron chi connectivity index (χ3n) is 3.49. The maximum absolute atomic E-state index is 11.1. The minimum absolute atomic E-state index is 0.104. The Labute approximate surface area is 136 Å². The topological polar surface area (TPSA) is 55.8 Å². The van der Waals surface area contributed by atoms with Crippen LogP contribution in [0.4, 0.5) is 0 Å². The van der Waals surface area contributed by atoms with Gasteiger partial charge in [-0.1, -0.05) is 60.7 Å². The highest BCUT2D eigenvalue weighted by molar-refractivity contribution is 5.54. The smallest absolute Gasteiger partial charge is 0.128 e. The molecule has 0 amide bonds. The lowest BCUT2D eigenvalue weighted by Gasteiger charge is -2.18. The summed E-state index contributed by atoms with van der Waals surface area (Å²) in [5.74, 6) is -0.588. The molecule has 0 aliphatic rings. The number of rotatable bonds is 10. The van der Waals surface area contributed by atoms with Crippen molar-refractivity contribution >= 4 is 6.29 Å². The monoisotopic (exact) mass is 314 g/mol. The maximum Gasteiger partial charge on any atom is 0.128 e. The number of carbonyl (C=O) groups is 1. The Bertz CT molecular complexity index is 556. The highest BCUT2D eigenvalue weighted by Gasteiger charge is 2.19. The van der Waals surface area contributed by atoms with Gasteiger partial charge in [0.25, 0.3) is 0 Å². The molecule has 122 valence electrons. The van der Waals surface area contributed by atoms with E-state index in [4.69, 9.17) is 9.47 Å². The molecule has 0 saturated heterocycles. The van der Waals surface area contributed by atoms with Crippen LogP contribution in [0.5, 0.6) is 0 Å². The van der Waals surface area contributed by atoms with Gasteiger partial charge in [0.1, 0.15) is 6.29 Å². The number of hydrogen-bond donors (Lipinski definition) is 1. The molecule has 0 heterocycles. The number of aliphatic hydroxyl groups is 1. The van der Waals surface area contributed by atoms with Gasteiger partial charge < -0.3 is 19.4 Å². The van der Waals surface area contributed by atoms with Gasteiger partial charge in [0.05, 0.1) is 38.4 Å². The lowest BCUT2D eigenvalue weighted by molar-refractivity contribution is -0.119. The second-order valence-corrected chi connectivity index (χ2v) is 5.37. The molecule has 1 N–H and O–H groups in total. The summed E-state index contributed by atoms with van der Waals surface area (Å²) in [5.41, 5.74) is 2.06. The fraction of sp³-hybridized carbons (Fsp3) is 0.316. The van der Waals surface area contributed by atoms with Crippen LogP contribution in [0.15, 0.2) is 60.7 Å². The zero-order chi connectivity index (χ0) is 16.3. The summed E-state index contributed by atoms with van der Waals surface area (Å²) in [6.07, 6.45) is -0.145. The summed E-state index contributed by atoms with van der Waals surface area (Å²) in [6, 6.07) is 19.4. The van der Waals surface area contributed by atoms with Crippen molar-refractivity contribution in [2.75, 3.05) is 13.2 Å². The van der Waals surface area contributed by atoms with Crippen LogP contribution in [0.1, 0.15) is 11.1 Å². The van der Waals surface area contributed by atoms with Gasteiger partial charge >= 0.3 is 0 Å². The van der Waals surface area contributed by atoms with Crippen molar-refractivity contribution in [3.63, 3.8) is 0 Å². The fourth-order valence-electron chi connectivity index (χ4n) is 2.12. The van der Waals surface area contributed by atoms with E-state index in [0.717, 1.165) is 17.4 Å². The van der Waals surface area contributed by atoms with Gasteiger partial charge in [0.15, 0.2) is 0 Å². The summed E-state index contributed by atoms with van der Waals surface area (Å²) in [6.45, 7) is 1.11. The average Bonchev–Trinajstić information content (AvgIpc) is 2.60. The Morgan fingerprint density at radius 1 is 0.826 bits per heavy atom. The second-order valence-electron chi connectivity index (χ2n) is 5.37. The molecule has 2 rings (SSSR count). The number of ether oxygens (including phenoxy) is 2. The third-order valence-corrected chi connectivity index (χ3v) is 3.49. The van der Waals surface area contributed by atoms with Crippen molar-refractivity contribution in [3.8, 4) is 0 Å². The summed E-state index contributed by atoms with van der Waals surface area (Å²) in [7, 11) is 0. The Morgan fingerprint density at radius 2 is 1.30 bits per heavy atom. The molecule has 0 aromatic heterocycles. The molecule has 0 aliphatic heterocycles. The molecule has 2 aromatic rings. The van der Waals surface area contributed by atoms with Gasteiger partial charge in [-0.05, 0) is 11.1 Å². The number of aliphatic hydroxyl groups excluding tert-OH is 1. The van der Waals surface area contributed by atoms with Crippen LogP contribution in [-0.4, -0.2) is 30.7 Å². The van der Waals surface area contributed by atoms with E-state index >= 15 is 0 Å². The molecule has 0 spiro atoms. The van der Waals surface area contributed by atoms with Gasteiger partial charge in [-0.2, -0.15) is 0 Å². The maximum atomic E-state index is 11.1. The number of benzene rings is 2. The van der Waals surface area contributed by atoms with Crippen molar-refractivity contribution in [2.45, 2.75) is 19.3 Å². The van der Waals surface area contributed by atoms with Crippen molar-refractivity contribution in [3.05, 3.63) is 71.8 Å². The van der Waals surface area contributed by atoms with E-state index in [0.29, 0.717) is 13.2 Å². The van der Waals surface area contributed by atoms with Crippen LogP contribution in [0, 0.1) is 5.92 Å². The summed E-state index contributed by atoms with van der Waals surface area (Å²) < 4.78 is 11.0. The predicted molar refractivity (Wildman–Crippen MR) is 87.8 cm³/mol. The van der Waals surface area contributed by atoms with E-state index in [1.54, 1.807) is 0 Å². The van der Waals surface area contributed by atoms with E-state index in [1.165, 1.54) is 0 Å². The standard InChI is InChI=1S/C19H22O4/c20-11-18(14-22-12-16-7-3-1-4-8-16)19(21)15-23-13-17-9-5-2-6-10-17/h1-11,18-19,21H,12-15H2/t18-,19-/m0/s1. The number of carbonyl (C=O) groups excluding carboxylic acids is 1. The molecule has 2 atom stereocenters. The number of hydrogen-bond acceptors (Lipinski definition) is 4. The second kappa shape index (κ2) is 9.90. The van der Waals surface area contributed by atoms with Crippen molar-refractivity contribution < 1.29 is 19.4 Å². The first kappa shape index (κ1) is 17.3. The Morgan fingerprint density at radius 3 is 1.78 bits per heavy atom. The highest BCUT2D eigenvalue weighted by atomic mass is 16.5. The van der Waals surface area contributed by atoms with Gasteiger partial charge in [-0.15, -0.1) is 0 Å². The van der Waals surface area contributed by atoms with Gasteiger partial charge in [-0.25, -0.2) is 0 Å². The van der Waals surface area contributed by atoms with Crippen molar-refractivity contribution in [1.82, 2.24) is 0 Å². The molecular weight excluding hydrogens is 292 g/mol. The first-order valence-corrected chi connectivity index (χ1v) is 7.66. The van der Waals surface area contributed by atoms with Crippen LogP contribution < -0.4 is 0 Å². The van der Waals surface area contributed by atoms with E-state index in [-0.39, 0.29) is 13.2 Å². The van der Waals surface area contributed by atoms with Gasteiger partial charge in [-0.3, -0.25) is 0 Å². The molecule has 0 radical (unpaired) electrons. The zero-order valence-electron chi connectivity index (χ0n) is 13.0. The summed E-state index contributed by atoms with van der Waals surface area (Å²) in [5, 5.41) is 10.0. The minimum atomic E-state index is -0.869. The van der Waals surface area contributed by atoms with Crippen molar-refractivity contribution in [1.29, 1.82) is 0 Å². The SMILES string of the molecule is O=C[C@@H](COCc1ccccc1)[C@@H](O)COCc1ccccc1. The fourth-order valence-corrected chi connectivity index (χ4v) is 2.12. The number of aldehydes is 1. The lowest BCUT2D eigenvalue weighted by atomic mass is 10.1. The van der Waals surface area contributed by atoms with Crippen LogP contribution in [-0.2, 0) is 27.5 Å². The highest BCUT2D eigenvalue weighted by Crippen LogP contribution is 2.08. The van der Waals surface area contributed by atoms with Crippen LogP contribution in [0.2, 0.25) is 0 Å². The van der Waals surface area contributed by atoms with E-state index < -0.39 is 12.0 Å². The Balaban J connectivity index is 1.68. The van der Waals surface area contributed by atoms with Crippen LogP contribution in [0.3, 0.4) is 0 Å². The normalized spacial score (nSPS) is 13.4. The van der Waals surface area contributed by atoms with Gasteiger partial charge in [0.2, 0.25) is 0 Å². The van der Waals surface area contributed by atoms with E-state index in [2.05, 4.69) is 0 Å². The summed E-state index contributed by atoms with van der Waals surface area (Å²) in [4.78, 5) is 11.1. The largest absolute Gasteiger partial charge is 0.390 e. The molecule has 0 saturated carbocycles. The molecule has 0 fully saturated rings. The molecule has 4 nitrogen and oxygen atoms in total.